The van der Waals surface area contributed by atoms with Gasteiger partial charge in [0.2, 0.25) is 0 Å². The fraction of sp³-hybridized carbons (Fsp3) is 0.909. The maximum Gasteiger partial charge on any atom is 0.410 e. The molecule has 0 radical (unpaired) electrons. The summed E-state index contributed by atoms with van der Waals surface area (Å²) >= 11 is 0. The number of aliphatic hydroxyl groups excluding tert-OH is 2. The fourth-order valence-corrected chi connectivity index (χ4v) is 1.08. The quantitative estimate of drug-likeness (QED) is 0.743. The molecular formula is C11H23NO4. The molecule has 2 N–H and O–H groups in total. The van der Waals surface area contributed by atoms with Gasteiger partial charge in [0.25, 0.3) is 0 Å². The zero-order chi connectivity index (χ0) is 12.8. The molecule has 0 aromatic rings. The summed E-state index contributed by atoms with van der Waals surface area (Å²) in [4.78, 5) is 13.1. The summed E-state index contributed by atoms with van der Waals surface area (Å²) in [6.45, 7) is 7.52. The van der Waals surface area contributed by atoms with Crippen LogP contribution in [0.2, 0.25) is 0 Å². The maximum atomic E-state index is 11.7. The van der Waals surface area contributed by atoms with Crippen molar-refractivity contribution in [3.05, 3.63) is 0 Å². The fourth-order valence-electron chi connectivity index (χ4n) is 1.08. The van der Waals surface area contributed by atoms with Gasteiger partial charge in [-0.25, -0.2) is 4.79 Å². The van der Waals surface area contributed by atoms with Gasteiger partial charge in [0.15, 0.2) is 0 Å². The summed E-state index contributed by atoms with van der Waals surface area (Å²) in [5, 5.41) is 18.0. The highest BCUT2D eigenvalue weighted by molar-refractivity contribution is 5.68. The average molecular weight is 233 g/mol. The first-order valence-corrected chi connectivity index (χ1v) is 5.53. The van der Waals surface area contributed by atoms with E-state index in [1.165, 1.54) is 4.90 Å². The summed E-state index contributed by atoms with van der Waals surface area (Å²) in [7, 11) is 0. The molecule has 0 bridgehead atoms. The largest absolute Gasteiger partial charge is 0.444 e. The molecule has 0 fully saturated rings. The molecule has 16 heavy (non-hydrogen) atoms. The first-order valence-electron chi connectivity index (χ1n) is 5.53. The minimum Gasteiger partial charge on any atom is -0.444 e. The lowest BCUT2D eigenvalue weighted by Gasteiger charge is -2.27. The molecule has 5 heteroatoms. The number of nitrogens with zero attached hydrogens (tertiary/aromatic N) is 1. The van der Waals surface area contributed by atoms with Gasteiger partial charge in [-0.1, -0.05) is 0 Å². The highest BCUT2D eigenvalue weighted by atomic mass is 16.6. The Labute approximate surface area is 97.0 Å². The third kappa shape index (κ3) is 7.48. The summed E-state index contributed by atoms with van der Waals surface area (Å²) in [6.07, 6.45) is -0.454. The molecular weight excluding hydrogens is 210 g/mol. The van der Waals surface area contributed by atoms with Crippen molar-refractivity contribution in [1.29, 1.82) is 0 Å². The third-order valence-electron chi connectivity index (χ3n) is 1.84. The number of amides is 1. The standard InChI is InChI=1S/C11H23NO4/c1-9(14)5-6-12(7-8-13)10(15)16-11(2,3)4/h9,13-14H,5-8H2,1-4H3. The molecule has 0 aliphatic rings. The Bertz CT molecular complexity index is 211. The SMILES string of the molecule is CC(O)CCN(CCO)C(=O)OC(C)(C)C. The second kappa shape index (κ2) is 6.70. The van der Waals surface area contributed by atoms with E-state index >= 15 is 0 Å². The third-order valence-corrected chi connectivity index (χ3v) is 1.84. The number of aliphatic hydroxyl groups is 2. The average Bonchev–Trinajstić information content (AvgIpc) is 2.08. The lowest BCUT2D eigenvalue weighted by atomic mass is 10.2. The minimum absolute atomic E-state index is 0.112. The molecule has 0 spiro atoms. The van der Waals surface area contributed by atoms with Gasteiger partial charge in [0, 0.05) is 13.1 Å². The van der Waals surface area contributed by atoms with Crippen LogP contribution in [-0.2, 0) is 4.74 Å². The van der Waals surface area contributed by atoms with E-state index in [1.807, 2.05) is 0 Å². The van der Waals surface area contributed by atoms with E-state index in [0.29, 0.717) is 13.0 Å². The topological polar surface area (TPSA) is 70.0 Å². The van der Waals surface area contributed by atoms with Crippen LogP contribution in [0, 0.1) is 0 Å². The van der Waals surface area contributed by atoms with Crippen LogP contribution >= 0.6 is 0 Å². The van der Waals surface area contributed by atoms with Crippen LogP contribution in [0.3, 0.4) is 0 Å². The van der Waals surface area contributed by atoms with Crippen molar-refractivity contribution in [2.24, 2.45) is 0 Å². The number of hydrogen-bond donors (Lipinski definition) is 2. The van der Waals surface area contributed by atoms with E-state index in [2.05, 4.69) is 0 Å². The second-order valence-electron chi connectivity index (χ2n) is 4.83. The molecule has 1 unspecified atom stereocenters. The van der Waals surface area contributed by atoms with Gasteiger partial charge in [-0.05, 0) is 34.1 Å². The van der Waals surface area contributed by atoms with Crippen LogP contribution in [0.25, 0.3) is 0 Å². The van der Waals surface area contributed by atoms with E-state index in [4.69, 9.17) is 14.9 Å². The van der Waals surface area contributed by atoms with E-state index in [-0.39, 0.29) is 13.2 Å². The van der Waals surface area contributed by atoms with Crippen molar-refractivity contribution >= 4 is 6.09 Å². The zero-order valence-electron chi connectivity index (χ0n) is 10.6. The van der Waals surface area contributed by atoms with Gasteiger partial charge in [-0.2, -0.15) is 0 Å². The van der Waals surface area contributed by atoms with Crippen LogP contribution in [0.5, 0.6) is 0 Å². The van der Waals surface area contributed by atoms with E-state index in [9.17, 15) is 4.79 Å². The monoisotopic (exact) mass is 233 g/mol. The van der Waals surface area contributed by atoms with Crippen molar-refractivity contribution in [2.45, 2.75) is 45.8 Å². The van der Waals surface area contributed by atoms with Crippen molar-refractivity contribution in [2.75, 3.05) is 19.7 Å². The summed E-state index contributed by atoms with van der Waals surface area (Å²) in [6, 6.07) is 0. The summed E-state index contributed by atoms with van der Waals surface area (Å²) in [5.74, 6) is 0. The van der Waals surface area contributed by atoms with Gasteiger partial charge in [-0.3, -0.25) is 0 Å². The molecule has 0 saturated heterocycles. The number of carbonyl (C=O) groups is 1. The zero-order valence-corrected chi connectivity index (χ0v) is 10.6. The lowest BCUT2D eigenvalue weighted by molar-refractivity contribution is 0.0194. The predicted molar refractivity (Wildman–Crippen MR) is 61.2 cm³/mol. The molecule has 96 valence electrons. The van der Waals surface area contributed by atoms with E-state index in [0.717, 1.165) is 0 Å². The first kappa shape index (κ1) is 15.2. The van der Waals surface area contributed by atoms with Gasteiger partial charge in [-0.15, -0.1) is 0 Å². The summed E-state index contributed by atoms with van der Waals surface area (Å²) < 4.78 is 5.18. The molecule has 0 aromatic heterocycles. The molecule has 0 saturated carbocycles. The van der Waals surface area contributed by atoms with Crippen molar-refractivity contribution in [1.82, 2.24) is 4.90 Å². The molecule has 0 rings (SSSR count). The Balaban J connectivity index is 4.23. The predicted octanol–water partition coefficient (Wildman–Crippen LogP) is 0.987. The molecule has 5 nitrogen and oxygen atoms in total. The maximum absolute atomic E-state index is 11.7. The molecule has 0 heterocycles. The second-order valence-corrected chi connectivity index (χ2v) is 4.83. The van der Waals surface area contributed by atoms with Crippen molar-refractivity contribution < 1.29 is 19.7 Å². The molecule has 0 aliphatic heterocycles. The van der Waals surface area contributed by atoms with Crippen LogP contribution < -0.4 is 0 Å². The number of hydrogen-bond acceptors (Lipinski definition) is 4. The Morgan fingerprint density at radius 2 is 1.94 bits per heavy atom. The molecule has 0 aromatic carbocycles. The van der Waals surface area contributed by atoms with Crippen LogP contribution in [0.15, 0.2) is 0 Å². The number of ether oxygens (including phenoxy) is 1. The van der Waals surface area contributed by atoms with Gasteiger partial charge in [0.1, 0.15) is 5.60 Å². The van der Waals surface area contributed by atoms with Gasteiger partial charge < -0.3 is 19.8 Å². The highest BCUT2D eigenvalue weighted by Crippen LogP contribution is 2.10. The highest BCUT2D eigenvalue weighted by Gasteiger charge is 2.21. The van der Waals surface area contributed by atoms with E-state index in [1.54, 1.807) is 27.7 Å². The first-order chi connectivity index (χ1) is 7.26. The van der Waals surface area contributed by atoms with Gasteiger partial charge in [0.05, 0.1) is 12.7 Å². The van der Waals surface area contributed by atoms with Crippen molar-refractivity contribution in [3.63, 3.8) is 0 Å². The molecule has 1 amide bonds. The minimum atomic E-state index is -0.546. The van der Waals surface area contributed by atoms with Crippen LogP contribution in [0.4, 0.5) is 4.79 Å². The summed E-state index contributed by atoms with van der Waals surface area (Å²) in [5.41, 5.74) is -0.546. The smallest absolute Gasteiger partial charge is 0.410 e. The molecule has 0 aliphatic carbocycles. The Morgan fingerprint density at radius 3 is 2.31 bits per heavy atom. The molecule has 1 atom stereocenters. The van der Waals surface area contributed by atoms with E-state index < -0.39 is 17.8 Å². The number of carbonyl (C=O) groups excluding carboxylic acids is 1. The van der Waals surface area contributed by atoms with Gasteiger partial charge >= 0.3 is 6.09 Å². The normalized spacial score (nSPS) is 13.4. The Kier molecular flexibility index (Phi) is 6.36. The van der Waals surface area contributed by atoms with Crippen LogP contribution in [0.1, 0.15) is 34.1 Å². The lowest BCUT2D eigenvalue weighted by Crippen LogP contribution is -2.39. The Hall–Kier alpha value is -0.810. The Morgan fingerprint density at radius 1 is 1.38 bits per heavy atom. The van der Waals surface area contributed by atoms with Crippen LogP contribution in [-0.4, -0.2) is 52.6 Å². The number of rotatable bonds is 5. The van der Waals surface area contributed by atoms with Crippen molar-refractivity contribution in [3.8, 4) is 0 Å².